The van der Waals surface area contributed by atoms with Gasteiger partial charge >= 0.3 is 11.7 Å². The van der Waals surface area contributed by atoms with Crippen molar-refractivity contribution in [2.45, 2.75) is 32.8 Å². The van der Waals surface area contributed by atoms with E-state index in [0.29, 0.717) is 0 Å². The second-order valence-electron chi connectivity index (χ2n) is 4.67. The van der Waals surface area contributed by atoms with Crippen molar-refractivity contribution in [2.75, 3.05) is 11.9 Å². The van der Waals surface area contributed by atoms with Crippen LogP contribution in [-0.4, -0.2) is 38.7 Å². The van der Waals surface area contributed by atoms with Crippen LogP contribution in [0.15, 0.2) is 12.3 Å². The molecule has 1 rings (SSSR count). The molecule has 0 aliphatic rings. The molecule has 0 aliphatic carbocycles. The largest absolute Gasteiger partial charge is 0.477 e. The quantitative estimate of drug-likeness (QED) is 0.494. The van der Waals surface area contributed by atoms with Gasteiger partial charge in [-0.15, -0.1) is 0 Å². The normalized spacial score (nSPS) is 12.2. The zero-order valence-corrected chi connectivity index (χ0v) is 11.9. The number of nitrogens with one attached hydrogen (secondary N) is 1. The van der Waals surface area contributed by atoms with Gasteiger partial charge in [-0.2, -0.15) is 0 Å². The molecular formula is C13H19N3O5. The summed E-state index contributed by atoms with van der Waals surface area (Å²) in [5.74, 6) is -1.08. The molecule has 0 amide bonds. The van der Waals surface area contributed by atoms with Crippen LogP contribution >= 0.6 is 0 Å². The highest BCUT2D eigenvalue weighted by atomic mass is 16.6. The Morgan fingerprint density at radius 2 is 2.10 bits per heavy atom. The topological polar surface area (TPSA) is 126 Å². The van der Waals surface area contributed by atoms with Crippen LogP contribution < -0.4 is 5.32 Å². The highest BCUT2D eigenvalue weighted by Gasteiger charge is 2.21. The fourth-order valence-electron chi connectivity index (χ4n) is 2.07. The van der Waals surface area contributed by atoms with Crippen LogP contribution in [0.25, 0.3) is 0 Å². The van der Waals surface area contributed by atoms with E-state index < -0.39 is 28.2 Å². The van der Waals surface area contributed by atoms with Crippen LogP contribution in [0, 0.1) is 16.0 Å². The first-order chi connectivity index (χ1) is 9.90. The molecule has 1 aromatic rings. The Hall–Kier alpha value is -2.22. The van der Waals surface area contributed by atoms with Gasteiger partial charge < -0.3 is 15.5 Å². The third kappa shape index (κ3) is 4.38. The lowest BCUT2D eigenvalue weighted by molar-refractivity contribution is -0.385. The molecular weight excluding hydrogens is 278 g/mol. The van der Waals surface area contributed by atoms with Crippen molar-refractivity contribution in [2.24, 2.45) is 5.92 Å². The smallest absolute Gasteiger partial charge is 0.342 e. The maximum absolute atomic E-state index is 11.0. The molecule has 1 heterocycles. The van der Waals surface area contributed by atoms with Gasteiger partial charge in [-0.25, -0.2) is 9.78 Å². The summed E-state index contributed by atoms with van der Waals surface area (Å²) in [4.78, 5) is 24.7. The van der Waals surface area contributed by atoms with Crippen molar-refractivity contribution in [1.29, 1.82) is 0 Å². The zero-order chi connectivity index (χ0) is 16.0. The molecule has 0 aliphatic heterocycles. The molecule has 0 aromatic carbocycles. The lowest BCUT2D eigenvalue weighted by Gasteiger charge is -2.20. The van der Waals surface area contributed by atoms with Gasteiger partial charge in [-0.1, -0.05) is 26.7 Å². The fraction of sp³-hybridized carbons (Fsp3) is 0.538. The lowest BCUT2D eigenvalue weighted by Crippen LogP contribution is -2.28. The molecule has 0 spiro atoms. The number of nitro groups is 1. The molecule has 1 aromatic heterocycles. The Balaban J connectivity index is 2.84. The number of hydrogen-bond donors (Lipinski definition) is 3. The third-order valence-corrected chi connectivity index (χ3v) is 3.40. The average Bonchev–Trinajstić information content (AvgIpc) is 2.45. The summed E-state index contributed by atoms with van der Waals surface area (Å²) >= 11 is 0. The summed E-state index contributed by atoms with van der Waals surface area (Å²) in [6, 6.07) is 1.10. The van der Waals surface area contributed by atoms with E-state index in [0.717, 1.165) is 25.1 Å². The highest BCUT2D eigenvalue weighted by Crippen LogP contribution is 2.21. The molecule has 0 bridgehead atoms. The number of aliphatic hydroxyl groups is 1. The van der Waals surface area contributed by atoms with Crippen LogP contribution in [0.1, 0.15) is 37.0 Å². The van der Waals surface area contributed by atoms with Crippen molar-refractivity contribution in [3.63, 3.8) is 0 Å². The molecule has 0 radical (unpaired) electrons. The number of aromatic carboxylic acids is 1. The standard InChI is InChI=1S/C13H19N3O5/c1-3-8(4-2)11(17)7-15-12-5-9(13(18)19)10(6-14-12)16(20)21/h5-6,8,11,17H,3-4,7H2,1-2H3,(H,14,15)(H,18,19). The van der Waals surface area contributed by atoms with Crippen molar-refractivity contribution in [1.82, 2.24) is 4.98 Å². The number of rotatable bonds is 8. The second kappa shape index (κ2) is 7.53. The Kier molecular flexibility index (Phi) is 6.04. The number of carbonyl (C=O) groups is 1. The molecule has 8 nitrogen and oxygen atoms in total. The summed E-state index contributed by atoms with van der Waals surface area (Å²) in [6.07, 6.45) is 1.96. The predicted octanol–water partition coefficient (Wildman–Crippen LogP) is 1.90. The van der Waals surface area contributed by atoms with E-state index in [2.05, 4.69) is 10.3 Å². The molecule has 3 N–H and O–H groups in total. The minimum atomic E-state index is -1.40. The van der Waals surface area contributed by atoms with Crippen LogP contribution in [0.5, 0.6) is 0 Å². The highest BCUT2D eigenvalue weighted by molar-refractivity contribution is 5.93. The minimum absolute atomic E-state index is 0.134. The summed E-state index contributed by atoms with van der Waals surface area (Å²) in [6.45, 7) is 4.16. The SMILES string of the molecule is CCC(CC)C(O)CNc1cc(C(=O)O)c([N+](=O)[O-])cn1. The molecule has 0 saturated carbocycles. The van der Waals surface area contributed by atoms with E-state index in [4.69, 9.17) is 5.11 Å². The van der Waals surface area contributed by atoms with Gasteiger partial charge in [0, 0.05) is 12.6 Å². The Labute approximate surface area is 122 Å². The summed E-state index contributed by atoms with van der Waals surface area (Å²) in [5.41, 5.74) is -0.997. The van der Waals surface area contributed by atoms with Gasteiger partial charge in [-0.3, -0.25) is 10.1 Å². The molecule has 116 valence electrons. The summed E-state index contributed by atoms with van der Waals surface area (Å²) < 4.78 is 0. The summed E-state index contributed by atoms with van der Waals surface area (Å²) in [7, 11) is 0. The number of pyridine rings is 1. The van der Waals surface area contributed by atoms with Crippen LogP contribution in [0.4, 0.5) is 11.5 Å². The maximum Gasteiger partial charge on any atom is 0.342 e. The number of carboxylic acid groups (broad SMARTS) is 1. The van der Waals surface area contributed by atoms with Crippen molar-refractivity contribution in [3.05, 3.63) is 27.9 Å². The number of carboxylic acids is 1. The second-order valence-corrected chi connectivity index (χ2v) is 4.67. The number of nitrogens with zero attached hydrogens (tertiary/aromatic N) is 2. The van der Waals surface area contributed by atoms with Crippen LogP contribution in [0.3, 0.4) is 0 Å². The first-order valence-corrected chi connectivity index (χ1v) is 6.70. The molecule has 0 fully saturated rings. The van der Waals surface area contributed by atoms with E-state index in [1.54, 1.807) is 0 Å². The predicted molar refractivity (Wildman–Crippen MR) is 76.4 cm³/mol. The molecule has 8 heteroatoms. The number of hydrogen-bond acceptors (Lipinski definition) is 6. The van der Waals surface area contributed by atoms with Crippen LogP contribution in [0.2, 0.25) is 0 Å². The summed E-state index contributed by atoms with van der Waals surface area (Å²) in [5, 5.41) is 32.5. The third-order valence-electron chi connectivity index (χ3n) is 3.40. The Bertz CT molecular complexity index is 517. The monoisotopic (exact) mass is 297 g/mol. The van der Waals surface area contributed by atoms with Crippen molar-refractivity contribution >= 4 is 17.5 Å². The van der Waals surface area contributed by atoms with E-state index in [9.17, 15) is 20.0 Å². The number of aliphatic hydroxyl groups excluding tert-OH is 1. The first kappa shape index (κ1) is 16.8. The van der Waals surface area contributed by atoms with E-state index in [1.807, 2.05) is 13.8 Å². The minimum Gasteiger partial charge on any atom is -0.477 e. The maximum atomic E-state index is 11.0. The van der Waals surface area contributed by atoms with E-state index >= 15 is 0 Å². The van der Waals surface area contributed by atoms with Crippen molar-refractivity contribution in [3.8, 4) is 0 Å². The van der Waals surface area contributed by atoms with Gasteiger partial charge in [0.2, 0.25) is 0 Å². The molecule has 1 atom stereocenters. The Morgan fingerprint density at radius 1 is 1.48 bits per heavy atom. The average molecular weight is 297 g/mol. The molecule has 21 heavy (non-hydrogen) atoms. The molecule has 1 unspecified atom stereocenters. The first-order valence-electron chi connectivity index (χ1n) is 6.70. The van der Waals surface area contributed by atoms with Gasteiger partial charge in [-0.05, 0) is 5.92 Å². The van der Waals surface area contributed by atoms with Gasteiger partial charge in [0.25, 0.3) is 0 Å². The fourth-order valence-corrected chi connectivity index (χ4v) is 2.07. The van der Waals surface area contributed by atoms with Gasteiger partial charge in [0.05, 0.1) is 11.0 Å². The van der Waals surface area contributed by atoms with E-state index in [-0.39, 0.29) is 18.3 Å². The van der Waals surface area contributed by atoms with Crippen molar-refractivity contribution < 1.29 is 19.9 Å². The number of aromatic nitrogens is 1. The number of anilines is 1. The van der Waals surface area contributed by atoms with Crippen LogP contribution in [-0.2, 0) is 0 Å². The Morgan fingerprint density at radius 3 is 2.57 bits per heavy atom. The van der Waals surface area contributed by atoms with Gasteiger partial charge in [0.1, 0.15) is 17.6 Å². The van der Waals surface area contributed by atoms with E-state index in [1.165, 1.54) is 0 Å². The molecule has 0 saturated heterocycles. The zero-order valence-electron chi connectivity index (χ0n) is 11.9. The van der Waals surface area contributed by atoms with Gasteiger partial charge in [0.15, 0.2) is 0 Å². The lowest BCUT2D eigenvalue weighted by atomic mass is 9.96.